The normalized spacial score (nSPS) is 11.5. The Labute approximate surface area is 358 Å². The summed E-state index contributed by atoms with van der Waals surface area (Å²) in [5.41, 5.74) is 14.4. The van der Waals surface area contributed by atoms with Crippen LogP contribution in [0.3, 0.4) is 0 Å². The van der Waals surface area contributed by atoms with Crippen LogP contribution < -0.4 is 0 Å². The minimum absolute atomic E-state index is 0.572. The van der Waals surface area contributed by atoms with Gasteiger partial charge in [0.25, 0.3) is 0 Å². The van der Waals surface area contributed by atoms with Gasteiger partial charge in [0.15, 0.2) is 11.6 Å². The average molecular weight is 792 g/mol. The zero-order chi connectivity index (χ0) is 41.0. The maximum atomic E-state index is 5.26. The number of hydrogen-bond acceptors (Lipinski definition) is 3. The summed E-state index contributed by atoms with van der Waals surface area (Å²) in [4.78, 5) is 15.6. The lowest BCUT2D eigenvalue weighted by molar-refractivity contribution is 0.955. The molecule has 0 bridgehead atoms. The number of aromatic nitrogens is 5. The van der Waals surface area contributed by atoms with E-state index in [1.165, 1.54) is 22.3 Å². The molecule has 12 aromatic rings. The highest BCUT2D eigenvalue weighted by atomic mass is 15.2. The molecule has 0 aliphatic carbocycles. The van der Waals surface area contributed by atoms with Gasteiger partial charge >= 0.3 is 0 Å². The number of para-hydroxylation sites is 3. The molecule has 0 radical (unpaired) electrons. The van der Waals surface area contributed by atoms with Gasteiger partial charge in [0, 0.05) is 38.2 Å². The van der Waals surface area contributed by atoms with E-state index < -0.39 is 0 Å². The zero-order valence-electron chi connectivity index (χ0n) is 33.6. The summed E-state index contributed by atoms with van der Waals surface area (Å²) >= 11 is 0. The lowest BCUT2D eigenvalue weighted by Gasteiger charge is -2.15. The summed E-state index contributed by atoms with van der Waals surface area (Å²) in [5.74, 6) is 1.82. The molecule has 62 heavy (non-hydrogen) atoms. The van der Waals surface area contributed by atoms with E-state index in [4.69, 9.17) is 15.0 Å². The number of nitrogens with zero attached hydrogens (tertiary/aromatic N) is 5. The first-order valence-electron chi connectivity index (χ1n) is 21.0. The molecule has 290 valence electrons. The Morgan fingerprint density at radius 3 is 1.45 bits per heavy atom. The molecule has 3 heterocycles. The van der Waals surface area contributed by atoms with Crippen molar-refractivity contribution in [1.29, 1.82) is 0 Å². The van der Waals surface area contributed by atoms with Crippen LogP contribution in [0.1, 0.15) is 0 Å². The van der Waals surface area contributed by atoms with Gasteiger partial charge in [-0.1, -0.05) is 194 Å². The number of rotatable bonds is 7. The van der Waals surface area contributed by atoms with E-state index in [1.54, 1.807) is 0 Å². The molecule has 0 aliphatic heterocycles. The van der Waals surface area contributed by atoms with Gasteiger partial charge in [0.2, 0.25) is 5.95 Å². The minimum Gasteiger partial charge on any atom is -0.309 e. The van der Waals surface area contributed by atoms with Crippen LogP contribution in [0.25, 0.3) is 111 Å². The molecular formula is C57H37N5. The first-order valence-corrected chi connectivity index (χ1v) is 21.0. The Morgan fingerprint density at radius 1 is 0.290 bits per heavy atom. The monoisotopic (exact) mass is 791 g/mol. The minimum atomic E-state index is 0.572. The van der Waals surface area contributed by atoms with E-state index in [0.717, 1.165) is 71.6 Å². The van der Waals surface area contributed by atoms with Gasteiger partial charge in [-0.3, -0.25) is 4.57 Å². The van der Waals surface area contributed by atoms with Gasteiger partial charge in [0.05, 0.1) is 27.8 Å². The number of benzene rings is 9. The molecule has 5 nitrogen and oxygen atoms in total. The SMILES string of the molecule is c1ccc(-c2cccc(-c3ccc(-c4ccccc4-n4c5ccccc5c5c4ccc4c6ccccc6n(-c6nc(-c7ccccc7)nc(-c7ccccc7)n6)c45)cc3)c2)cc1. The van der Waals surface area contributed by atoms with Crippen molar-refractivity contribution in [3.8, 4) is 67.8 Å². The summed E-state index contributed by atoms with van der Waals surface area (Å²) in [6.45, 7) is 0. The van der Waals surface area contributed by atoms with E-state index in [1.807, 2.05) is 36.4 Å². The highest BCUT2D eigenvalue weighted by molar-refractivity contribution is 6.26. The second-order valence-corrected chi connectivity index (χ2v) is 15.6. The maximum absolute atomic E-state index is 5.26. The summed E-state index contributed by atoms with van der Waals surface area (Å²) in [5, 5.41) is 4.57. The van der Waals surface area contributed by atoms with Crippen molar-refractivity contribution in [3.63, 3.8) is 0 Å². The van der Waals surface area contributed by atoms with Crippen molar-refractivity contribution in [2.24, 2.45) is 0 Å². The molecule has 0 N–H and O–H groups in total. The van der Waals surface area contributed by atoms with Crippen LogP contribution in [-0.4, -0.2) is 24.1 Å². The topological polar surface area (TPSA) is 48.5 Å². The van der Waals surface area contributed by atoms with Gasteiger partial charge in [-0.2, -0.15) is 9.97 Å². The first-order chi connectivity index (χ1) is 30.8. The fourth-order valence-electron chi connectivity index (χ4n) is 9.14. The fourth-order valence-corrected chi connectivity index (χ4v) is 9.14. The molecule has 0 spiro atoms. The van der Waals surface area contributed by atoms with Crippen molar-refractivity contribution in [3.05, 3.63) is 224 Å². The Bertz CT molecular complexity index is 3550. The molecule has 0 atom stereocenters. The van der Waals surface area contributed by atoms with E-state index in [-0.39, 0.29) is 0 Å². The summed E-state index contributed by atoms with van der Waals surface area (Å²) in [6, 6.07) is 79.3. The largest absolute Gasteiger partial charge is 0.309 e. The van der Waals surface area contributed by atoms with Crippen LogP contribution in [0.2, 0.25) is 0 Å². The van der Waals surface area contributed by atoms with Crippen LogP contribution in [0.4, 0.5) is 0 Å². The van der Waals surface area contributed by atoms with Gasteiger partial charge in [-0.15, -0.1) is 0 Å². The third kappa shape index (κ3) is 5.90. The van der Waals surface area contributed by atoms with Gasteiger partial charge in [-0.25, -0.2) is 4.98 Å². The maximum Gasteiger partial charge on any atom is 0.238 e. The number of hydrogen-bond donors (Lipinski definition) is 0. The number of fused-ring (bicyclic) bond motifs is 7. The smallest absolute Gasteiger partial charge is 0.238 e. The molecule has 9 aromatic carbocycles. The third-order valence-electron chi connectivity index (χ3n) is 12.0. The van der Waals surface area contributed by atoms with E-state index in [0.29, 0.717) is 17.6 Å². The summed E-state index contributed by atoms with van der Waals surface area (Å²) < 4.78 is 4.68. The molecular weight excluding hydrogens is 755 g/mol. The molecule has 0 fully saturated rings. The molecule has 3 aromatic heterocycles. The van der Waals surface area contributed by atoms with Crippen LogP contribution in [0.5, 0.6) is 0 Å². The summed E-state index contributed by atoms with van der Waals surface area (Å²) in [7, 11) is 0. The molecule has 12 rings (SSSR count). The summed E-state index contributed by atoms with van der Waals surface area (Å²) in [6.07, 6.45) is 0. The fraction of sp³-hybridized carbons (Fsp3) is 0. The molecule has 0 saturated heterocycles. The Balaban J connectivity index is 1.07. The average Bonchev–Trinajstić information content (AvgIpc) is 3.88. The highest BCUT2D eigenvalue weighted by Crippen LogP contribution is 2.43. The van der Waals surface area contributed by atoms with Crippen LogP contribution in [0, 0.1) is 0 Å². The molecule has 0 aliphatic rings. The van der Waals surface area contributed by atoms with E-state index in [2.05, 4.69) is 197 Å². The van der Waals surface area contributed by atoms with Gasteiger partial charge in [-0.05, 0) is 58.1 Å². The highest BCUT2D eigenvalue weighted by Gasteiger charge is 2.24. The Morgan fingerprint density at radius 2 is 0.790 bits per heavy atom. The molecule has 5 heteroatoms. The van der Waals surface area contributed by atoms with Crippen LogP contribution in [0.15, 0.2) is 224 Å². The van der Waals surface area contributed by atoms with Crippen molar-refractivity contribution >= 4 is 43.6 Å². The standard InChI is InChI=1S/C57H37N5/c1-4-17-38(18-5-1)43-23-16-24-44(37-43)39-31-33-40(34-32-39)45-25-10-13-28-49(45)61-51-30-15-12-27-48(51)53-52(61)36-35-47-46-26-11-14-29-50(46)62(54(47)53)57-59-55(41-19-6-2-7-20-41)58-56(60-57)42-21-8-3-9-22-42/h1-37H. The van der Waals surface area contributed by atoms with E-state index >= 15 is 0 Å². The van der Waals surface area contributed by atoms with Crippen molar-refractivity contribution < 1.29 is 0 Å². The molecule has 0 amide bonds. The van der Waals surface area contributed by atoms with Gasteiger partial charge in [0.1, 0.15) is 0 Å². The van der Waals surface area contributed by atoms with Crippen LogP contribution >= 0.6 is 0 Å². The zero-order valence-corrected chi connectivity index (χ0v) is 33.6. The van der Waals surface area contributed by atoms with Crippen molar-refractivity contribution in [2.75, 3.05) is 0 Å². The predicted octanol–water partition coefficient (Wildman–Crippen LogP) is 14.4. The van der Waals surface area contributed by atoms with Crippen molar-refractivity contribution in [2.45, 2.75) is 0 Å². The second-order valence-electron chi connectivity index (χ2n) is 15.6. The van der Waals surface area contributed by atoms with E-state index in [9.17, 15) is 0 Å². The quantitative estimate of drug-likeness (QED) is 0.162. The molecule has 0 saturated carbocycles. The Kier molecular flexibility index (Phi) is 8.42. The van der Waals surface area contributed by atoms with Crippen LogP contribution in [-0.2, 0) is 0 Å². The molecule has 0 unspecified atom stereocenters. The van der Waals surface area contributed by atoms with Gasteiger partial charge < -0.3 is 4.57 Å². The third-order valence-corrected chi connectivity index (χ3v) is 12.0. The lowest BCUT2D eigenvalue weighted by Crippen LogP contribution is -2.06. The van der Waals surface area contributed by atoms with Crippen molar-refractivity contribution in [1.82, 2.24) is 24.1 Å². The Hall–Kier alpha value is -8.41. The predicted molar refractivity (Wildman–Crippen MR) is 256 cm³/mol. The first kappa shape index (κ1) is 35.5. The lowest BCUT2D eigenvalue weighted by atomic mass is 9.96. The second kappa shape index (κ2) is 14.7.